The molecule has 1 aliphatic rings. The van der Waals surface area contributed by atoms with E-state index in [1.165, 1.54) is 31.0 Å². The van der Waals surface area contributed by atoms with Crippen LogP contribution in [0.4, 0.5) is 15.8 Å². The fraction of sp³-hybridized carbons (Fsp3) is 0.0357. The molecular weight excluding hydrogens is 479 g/mol. The Bertz CT molecular complexity index is 1540. The molecule has 0 unspecified atom stereocenters. The minimum atomic E-state index is -0.491. The molecule has 0 radical (unpaired) electrons. The molecule has 0 spiro atoms. The molecule has 5 rings (SSSR count). The fourth-order valence-electron chi connectivity index (χ4n) is 3.86. The molecule has 1 heterocycles. The van der Waals surface area contributed by atoms with Crippen LogP contribution in [0.15, 0.2) is 94.7 Å². The minimum Gasteiger partial charge on any atom is -0.465 e. The predicted molar refractivity (Wildman–Crippen MR) is 136 cm³/mol. The van der Waals surface area contributed by atoms with Crippen LogP contribution in [-0.4, -0.2) is 24.9 Å². The van der Waals surface area contributed by atoms with Crippen molar-refractivity contribution in [3.8, 4) is 11.1 Å². The second-order valence-corrected chi connectivity index (χ2v) is 9.10. The highest BCUT2D eigenvalue weighted by Crippen LogP contribution is 2.39. The van der Waals surface area contributed by atoms with E-state index in [4.69, 9.17) is 4.74 Å². The minimum absolute atomic E-state index is 0.246. The molecule has 0 fully saturated rings. The number of ether oxygens (including phenoxy) is 1. The van der Waals surface area contributed by atoms with Gasteiger partial charge in [0.1, 0.15) is 5.82 Å². The third-order valence-electron chi connectivity index (χ3n) is 5.63. The van der Waals surface area contributed by atoms with Gasteiger partial charge in [-0.15, -0.1) is 0 Å². The number of carbonyl (C=O) groups excluding carboxylic acids is 3. The lowest BCUT2D eigenvalue weighted by Gasteiger charge is -2.11. The lowest BCUT2D eigenvalue weighted by Crippen LogP contribution is -2.14. The fourth-order valence-corrected chi connectivity index (χ4v) is 4.85. The lowest BCUT2D eigenvalue weighted by atomic mass is 10.0. The number of fused-ring (bicyclic) bond motifs is 2. The van der Waals surface area contributed by atoms with Crippen molar-refractivity contribution in [2.75, 3.05) is 17.7 Å². The molecule has 6 nitrogen and oxygen atoms in total. The second kappa shape index (κ2) is 9.67. The van der Waals surface area contributed by atoms with E-state index in [-0.39, 0.29) is 11.5 Å². The lowest BCUT2D eigenvalue weighted by molar-refractivity contribution is 0.0600. The Morgan fingerprint density at radius 3 is 2.42 bits per heavy atom. The summed E-state index contributed by atoms with van der Waals surface area (Å²) in [6.07, 6.45) is 0. The molecule has 0 aromatic heterocycles. The van der Waals surface area contributed by atoms with E-state index in [9.17, 15) is 18.8 Å². The maximum absolute atomic E-state index is 13.7. The van der Waals surface area contributed by atoms with Crippen molar-refractivity contribution >= 4 is 40.9 Å². The van der Waals surface area contributed by atoms with Crippen LogP contribution < -0.4 is 10.6 Å². The van der Waals surface area contributed by atoms with Gasteiger partial charge in [0.25, 0.3) is 11.8 Å². The Hall–Kier alpha value is -4.43. The quantitative estimate of drug-likeness (QED) is 0.325. The standard InChI is InChI=1S/C28H19FN2O4S/c1-35-28(34)19-6-2-4-16(12-19)17-5-3-7-21(13-17)30-26(32)18-8-10-25-23(14-18)31-27(33)22-15-20(29)9-11-24(22)36-25/h2-15H,1H3,(H,30,32)(H,31,33). The summed E-state index contributed by atoms with van der Waals surface area (Å²) >= 11 is 1.33. The van der Waals surface area contributed by atoms with Gasteiger partial charge in [-0.25, -0.2) is 9.18 Å². The first-order chi connectivity index (χ1) is 17.4. The summed E-state index contributed by atoms with van der Waals surface area (Å²) in [5.74, 6) is -1.71. The van der Waals surface area contributed by atoms with Gasteiger partial charge in [-0.2, -0.15) is 0 Å². The van der Waals surface area contributed by atoms with Crippen LogP contribution in [0.2, 0.25) is 0 Å². The van der Waals surface area contributed by atoms with Crippen LogP contribution in [0, 0.1) is 5.82 Å². The molecular formula is C28H19FN2O4S. The number of esters is 1. The van der Waals surface area contributed by atoms with Crippen molar-refractivity contribution in [1.82, 2.24) is 0 Å². The van der Waals surface area contributed by atoms with Gasteiger partial charge in [0, 0.05) is 21.0 Å². The summed E-state index contributed by atoms with van der Waals surface area (Å²) in [6.45, 7) is 0. The topological polar surface area (TPSA) is 84.5 Å². The van der Waals surface area contributed by atoms with E-state index in [0.29, 0.717) is 27.4 Å². The first-order valence-corrected chi connectivity index (χ1v) is 11.8. The van der Waals surface area contributed by atoms with Crippen LogP contribution in [0.3, 0.4) is 0 Å². The van der Waals surface area contributed by atoms with Crippen molar-refractivity contribution in [3.05, 3.63) is 107 Å². The van der Waals surface area contributed by atoms with Crippen molar-refractivity contribution in [1.29, 1.82) is 0 Å². The molecule has 4 aromatic carbocycles. The van der Waals surface area contributed by atoms with Crippen LogP contribution in [0.25, 0.3) is 11.1 Å². The highest BCUT2D eigenvalue weighted by Gasteiger charge is 2.22. The monoisotopic (exact) mass is 498 g/mol. The van der Waals surface area contributed by atoms with E-state index < -0.39 is 17.7 Å². The van der Waals surface area contributed by atoms with Crippen LogP contribution in [0.1, 0.15) is 31.1 Å². The maximum Gasteiger partial charge on any atom is 0.337 e. The molecule has 0 aliphatic carbocycles. The summed E-state index contributed by atoms with van der Waals surface area (Å²) in [4.78, 5) is 38.9. The number of rotatable bonds is 4. The van der Waals surface area contributed by atoms with Crippen molar-refractivity contribution in [2.24, 2.45) is 0 Å². The molecule has 36 heavy (non-hydrogen) atoms. The predicted octanol–water partition coefficient (Wildman–Crippen LogP) is 6.25. The molecule has 0 bridgehead atoms. The Morgan fingerprint density at radius 2 is 1.61 bits per heavy atom. The number of nitrogens with one attached hydrogen (secondary N) is 2. The van der Waals surface area contributed by atoms with Gasteiger partial charge < -0.3 is 15.4 Å². The number of benzene rings is 4. The van der Waals surface area contributed by atoms with E-state index in [1.807, 2.05) is 12.1 Å². The number of halogens is 1. The zero-order chi connectivity index (χ0) is 25.2. The molecule has 8 heteroatoms. The van der Waals surface area contributed by atoms with Gasteiger partial charge in [0.15, 0.2) is 0 Å². The number of hydrogen-bond donors (Lipinski definition) is 2. The van der Waals surface area contributed by atoms with Crippen LogP contribution in [0.5, 0.6) is 0 Å². The average Bonchev–Trinajstić information content (AvgIpc) is 3.03. The Balaban J connectivity index is 1.37. The zero-order valence-corrected chi connectivity index (χ0v) is 19.8. The molecule has 4 aromatic rings. The van der Waals surface area contributed by atoms with E-state index >= 15 is 0 Å². The average molecular weight is 499 g/mol. The first kappa shape index (κ1) is 23.3. The zero-order valence-electron chi connectivity index (χ0n) is 19.0. The van der Waals surface area contributed by atoms with Gasteiger partial charge in [-0.3, -0.25) is 9.59 Å². The maximum atomic E-state index is 13.7. The summed E-state index contributed by atoms with van der Waals surface area (Å²) in [6, 6.07) is 23.4. The molecule has 178 valence electrons. The number of carbonyl (C=O) groups is 3. The largest absolute Gasteiger partial charge is 0.465 e. The summed E-state index contributed by atoms with van der Waals surface area (Å²) < 4.78 is 18.4. The number of methoxy groups -OCH3 is 1. The number of anilines is 2. The smallest absolute Gasteiger partial charge is 0.337 e. The van der Waals surface area contributed by atoms with Gasteiger partial charge in [0.05, 0.1) is 23.9 Å². The van der Waals surface area contributed by atoms with Crippen LogP contribution >= 0.6 is 11.8 Å². The normalized spacial score (nSPS) is 12.0. The van der Waals surface area contributed by atoms with Crippen molar-refractivity contribution in [2.45, 2.75) is 9.79 Å². The highest BCUT2D eigenvalue weighted by atomic mass is 32.2. The summed E-state index contributed by atoms with van der Waals surface area (Å²) in [5, 5.41) is 5.65. The molecule has 2 amide bonds. The molecule has 1 aliphatic heterocycles. The van der Waals surface area contributed by atoms with E-state index in [0.717, 1.165) is 16.0 Å². The number of amides is 2. The highest BCUT2D eigenvalue weighted by molar-refractivity contribution is 7.99. The SMILES string of the molecule is COC(=O)c1cccc(-c2cccc(NC(=O)c3ccc4c(c3)NC(=O)c3cc(F)ccc3S4)c2)c1. The summed E-state index contributed by atoms with van der Waals surface area (Å²) in [7, 11) is 1.33. The van der Waals surface area contributed by atoms with E-state index in [2.05, 4.69) is 10.6 Å². The van der Waals surface area contributed by atoms with Crippen LogP contribution in [-0.2, 0) is 4.74 Å². The Kier molecular flexibility index (Phi) is 6.26. The van der Waals surface area contributed by atoms with Gasteiger partial charge >= 0.3 is 5.97 Å². The van der Waals surface area contributed by atoms with Gasteiger partial charge in [-0.1, -0.05) is 36.0 Å². The van der Waals surface area contributed by atoms with Crippen molar-refractivity contribution < 1.29 is 23.5 Å². The molecule has 0 saturated heterocycles. The third kappa shape index (κ3) is 4.71. The molecule has 0 saturated carbocycles. The van der Waals surface area contributed by atoms with Gasteiger partial charge in [0.2, 0.25) is 0 Å². The Morgan fingerprint density at radius 1 is 0.861 bits per heavy atom. The third-order valence-corrected chi connectivity index (χ3v) is 6.79. The second-order valence-electron chi connectivity index (χ2n) is 8.01. The first-order valence-electron chi connectivity index (χ1n) is 10.9. The van der Waals surface area contributed by atoms with E-state index in [1.54, 1.807) is 60.7 Å². The molecule has 0 atom stereocenters. The summed E-state index contributed by atoms with van der Waals surface area (Å²) in [5.41, 5.74) is 3.68. The molecule has 2 N–H and O–H groups in total. The number of hydrogen-bond acceptors (Lipinski definition) is 5. The van der Waals surface area contributed by atoms with Crippen molar-refractivity contribution in [3.63, 3.8) is 0 Å². The van der Waals surface area contributed by atoms with Gasteiger partial charge in [-0.05, 0) is 71.8 Å². The Labute approximate surface area is 210 Å².